The number of hydrogen-bond acceptors (Lipinski definition) is 7. The Balaban J connectivity index is 1.05. The third-order valence-electron chi connectivity index (χ3n) is 11.9. The maximum atomic E-state index is 16.1. The maximum absolute atomic E-state index is 16.1. The van der Waals surface area contributed by atoms with Crippen molar-refractivity contribution < 1.29 is 9.18 Å². The van der Waals surface area contributed by atoms with Crippen LogP contribution in [0.15, 0.2) is 36.2 Å². The van der Waals surface area contributed by atoms with Crippen molar-refractivity contribution in [3.63, 3.8) is 0 Å². The number of aryl methyl sites for hydroxylation is 2. The van der Waals surface area contributed by atoms with E-state index in [1.165, 1.54) is 17.8 Å². The van der Waals surface area contributed by atoms with Crippen molar-refractivity contribution in [2.75, 3.05) is 51.6 Å². The van der Waals surface area contributed by atoms with Gasteiger partial charge in [0, 0.05) is 62.8 Å². The summed E-state index contributed by atoms with van der Waals surface area (Å²) in [7, 11) is 0. The molecule has 5 heterocycles. The van der Waals surface area contributed by atoms with Gasteiger partial charge in [-0.1, -0.05) is 12.1 Å². The Morgan fingerprint density at radius 1 is 1.09 bits per heavy atom. The van der Waals surface area contributed by atoms with Gasteiger partial charge in [0.25, 0.3) is 5.91 Å². The average Bonchev–Trinajstić information content (AvgIpc) is 3.59. The number of halogens is 1. The van der Waals surface area contributed by atoms with Gasteiger partial charge in [-0.2, -0.15) is 0 Å². The number of carbonyl (C=O) groups is 1. The normalized spacial score (nSPS) is 28.0. The molecule has 4 saturated heterocycles. The Labute approximate surface area is 278 Å². The van der Waals surface area contributed by atoms with Crippen molar-refractivity contribution in [1.29, 1.82) is 0 Å². The Morgan fingerprint density at radius 2 is 1.80 bits per heavy atom. The van der Waals surface area contributed by atoms with Gasteiger partial charge < -0.3 is 10.2 Å². The topological polar surface area (TPSA) is 64.6 Å². The first kappa shape index (κ1) is 32.1. The molecule has 1 N–H and O–H groups in total. The molecule has 7 nitrogen and oxygen atoms in total. The summed E-state index contributed by atoms with van der Waals surface area (Å²) in [6.45, 7) is 17.2. The molecule has 2 bridgehead atoms. The van der Waals surface area contributed by atoms with E-state index in [0.29, 0.717) is 22.8 Å². The largest absolute Gasteiger partial charge is 0.338 e. The summed E-state index contributed by atoms with van der Waals surface area (Å²) in [6, 6.07) is 6.85. The zero-order valence-corrected chi connectivity index (χ0v) is 29.0. The Morgan fingerprint density at radius 3 is 2.41 bits per heavy atom. The smallest absolute Gasteiger partial charge is 0.257 e. The molecule has 4 fully saturated rings. The van der Waals surface area contributed by atoms with Crippen molar-refractivity contribution in [2.24, 2.45) is 5.92 Å². The lowest BCUT2D eigenvalue weighted by molar-refractivity contribution is -0.0409. The predicted octanol–water partition coefficient (Wildman–Crippen LogP) is 5.71. The minimum absolute atomic E-state index is 0.0258. The summed E-state index contributed by atoms with van der Waals surface area (Å²) < 4.78 is 16.1. The number of fused-ring (bicyclic) bond motifs is 2. The molecule has 3 unspecified atom stereocenters. The fourth-order valence-corrected chi connectivity index (χ4v) is 10.6. The number of hydrogen-bond donors (Lipinski definition) is 1. The van der Waals surface area contributed by atoms with Crippen molar-refractivity contribution >= 4 is 17.7 Å². The number of nitrogens with zero attached hydrogens (tertiary/aromatic N) is 5. The number of carbonyl (C=O) groups excluding carboxylic acids is 1. The van der Waals surface area contributed by atoms with Gasteiger partial charge in [0.2, 0.25) is 0 Å². The molecule has 9 heteroatoms. The van der Waals surface area contributed by atoms with Crippen molar-refractivity contribution in [1.82, 2.24) is 30.0 Å². The molecule has 0 saturated carbocycles. The summed E-state index contributed by atoms with van der Waals surface area (Å²) >= 11 is 1.96. The van der Waals surface area contributed by atoms with Crippen LogP contribution < -0.4 is 5.32 Å². The molecule has 7 rings (SSSR count). The zero-order valence-electron chi connectivity index (χ0n) is 28.2. The van der Waals surface area contributed by atoms with Gasteiger partial charge in [-0.3, -0.25) is 14.6 Å². The van der Waals surface area contributed by atoms with Crippen LogP contribution in [0.3, 0.4) is 0 Å². The Bertz CT molecular complexity index is 1460. The lowest BCUT2D eigenvalue weighted by Gasteiger charge is -2.54. The second-order valence-electron chi connectivity index (χ2n) is 14.7. The van der Waals surface area contributed by atoms with Crippen molar-refractivity contribution in [2.45, 2.75) is 89.1 Å². The monoisotopic (exact) mass is 645 g/mol. The third kappa shape index (κ3) is 5.80. The average molecular weight is 646 g/mol. The van der Waals surface area contributed by atoms with Gasteiger partial charge in [0.1, 0.15) is 23.3 Å². The molecule has 1 aromatic heterocycles. The van der Waals surface area contributed by atoms with Crippen LogP contribution in [-0.2, 0) is 0 Å². The minimum atomic E-state index is -0.0258. The summed E-state index contributed by atoms with van der Waals surface area (Å²) in [4.78, 5) is 29.4. The molecular weight excluding hydrogens is 596 g/mol. The van der Waals surface area contributed by atoms with Gasteiger partial charge >= 0.3 is 0 Å². The first-order valence-electron chi connectivity index (χ1n) is 17.4. The summed E-state index contributed by atoms with van der Waals surface area (Å²) in [5.74, 6) is 3.17. The van der Waals surface area contributed by atoms with Crippen LogP contribution in [0, 0.1) is 31.5 Å². The number of amides is 1. The lowest BCUT2D eigenvalue weighted by atomic mass is 9.81. The van der Waals surface area contributed by atoms with Crippen LogP contribution in [0.5, 0.6) is 0 Å². The number of thioether (sulfide) groups is 1. The number of likely N-dealkylation sites (tertiary alicyclic amines) is 1. The van der Waals surface area contributed by atoms with Gasteiger partial charge in [0.05, 0.1) is 40.3 Å². The summed E-state index contributed by atoms with van der Waals surface area (Å²) in [5.41, 5.74) is 5.63. The van der Waals surface area contributed by atoms with Crippen molar-refractivity contribution in [3.8, 4) is 0 Å². The van der Waals surface area contributed by atoms with Crippen LogP contribution in [-0.4, -0.2) is 99.0 Å². The highest BCUT2D eigenvalue weighted by Gasteiger charge is 2.52. The second-order valence-corrected chi connectivity index (χ2v) is 15.9. The Kier molecular flexibility index (Phi) is 8.98. The standard InChI is InChI=1S/C37H50FN6OS/c1-23-18-29-21-46-35(23)33(29)30-7-6-28(19-31(30)38)34(27-8-12-39-13-9-27)44-17-16-43(20-24(44)2)37(5)10-14-42(15-11-37)36(45)32-25(3)40-22-41-26(32)4/h6-7,18-19,22,24,27,33-35,39H,8-17,20-21H2,1-5H3/q+1/t24?,33?,34-,35?/m1/s1. The van der Waals surface area contributed by atoms with Crippen LogP contribution in [0.2, 0.25) is 0 Å². The molecule has 5 aliphatic rings. The number of nitrogens with one attached hydrogen (secondary N) is 1. The Hall–Kier alpha value is -2.46. The molecular formula is C37H50FN6OS+. The summed E-state index contributed by atoms with van der Waals surface area (Å²) in [6.07, 6.45) is 7.99. The van der Waals surface area contributed by atoms with E-state index in [1.54, 1.807) is 0 Å². The maximum Gasteiger partial charge on any atom is 0.257 e. The molecule has 0 radical (unpaired) electrons. The van der Waals surface area contributed by atoms with E-state index in [0.717, 1.165) is 99.8 Å². The van der Waals surface area contributed by atoms with Crippen LogP contribution >= 0.6 is 11.8 Å². The van der Waals surface area contributed by atoms with Crippen LogP contribution in [0.25, 0.3) is 0 Å². The number of piperidine rings is 2. The predicted molar refractivity (Wildman–Crippen MR) is 184 cm³/mol. The number of benzene rings is 1. The highest BCUT2D eigenvalue weighted by atomic mass is 32.2. The number of rotatable bonds is 6. The molecule has 246 valence electrons. The van der Waals surface area contributed by atoms with Crippen molar-refractivity contribution in [3.05, 3.63) is 76.0 Å². The SMILES string of the molecule is CC1=C[C+]2CSC1C2c1ccc([C@@H](C2CCNCC2)N2CCN(C3(C)CCN(C(=O)c4c(C)ncnc4C)CC3)CC2C)cc1F. The molecule has 4 atom stereocenters. The molecule has 4 aliphatic heterocycles. The fourth-order valence-electron chi connectivity index (χ4n) is 9.15. The van der Waals surface area contributed by atoms with E-state index < -0.39 is 0 Å². The molecule has 0 spiro atoms. The lowest BCUT2D eigenvalue weighted by Crippen LogP contribution is -2.63. The van der Waals surface area contributed by atoms with E-state index in [-0.39, 0.29) is 29.2 Å². The first-order valence-corrected chi connectivity index (χ1v) is 18.4. The molecule has 1 aromatic carbocycles. The number of piperazine rings is 1. The second kappa shape index (κ2) is 12.9. The molecule has 1 amide bonds. The zero-order chi connectivity index (χ0) is 32.2. The van der Waals surface area contributed by atoms with E-state index in [1.807, 2.05) is 36.6 Å². The van der Waals surface area contributed by atoms with E-state index in [2.05, 4.69) is 64.1 Å². The van der Waals surface area contributed by atoms with Crippen LogP contribution in [0.1, 0.15) is 91.3 Å². The number of allylic oxidation sites excluding steroid dienone is 1. The van der Waals surface area contributed by atoms with E-state index in [4.69, 9.17) is 0 Å². The van der Waals surface area contributed by atoms with E-state index >= 15 is 4.39 Å². The molecule has 2 aromatic rings. The first-order chi connectivity index (χ1) is 22.1. The fraction of sp³-hybridized carbons (Fsp3) is 0.622. The summed E-state index contributed by atoms with van der Waals surface area (Å²) in [5, 5.41) is 3.95. The molecule has 1 aliphatic carbocycles. The highest BCUT2D eigenvalue weighted by Crippen LogP contribution is 2.54. The highest BCUT2D eigenvalue weighted by molar-refractivity contribution is 8.00. The van der Waals surface area contributed by atoms with E-state index in [9.17, 15) is 4.79 Å². The molecule has 46 heavy (non-hydrogen) atoms. The minimum Gasteiger partial charge on any atom is -0.338 e. The van der Waals surface area contributed by atoms with Gasteiger partial charge in [-0.05, 0) is 84.0 Å². The third-order valence-corrected chi connectivity index (χ3v) is 13.4. The van der Waals surface area contributed by atoms with Gasteiger partial charge in [-0.15, -0.1) is 11.8 Å². The quantitative estimate of drug-likeness (QED) is 0.404. The number of aromatic nitrogens is 2. The van der Waals surface area contributed by atoms with Gasteiger partial charge in [0.15, 0.2) is 0 Å². The van der Waals surface area contributed by atoms with Gasteiger partial charge in [-0.25, -0.2) is 14.4 Å². The van der Waals surface area contributed by atoms with Crippen LogP contribution in [0.4, 0.5) is 4.39 Å².